The predicted molar refractivity (Wildman–Crippen MR) is 104 cm³/mol. The molecule has 0 atom stereocenters. The smallest absolute Gasteiger partial charge is 0.187 e. The van der Waals surface area contributed by atoms with Crippen molar-refractivity contribution in [2.75, 3.05) is 7.11 Å². The summed E-state index contributed by atoms with van der Waals surface area (Å²) < 4.78 is 5.44. The summed E-state index contributed by atoms with van der Waals surface area (Å²) in [6.07, 6.45) is 2.00. The molecule has 0 amide bonds. The van der Waals surface area contributed by atoms with Gasteiger partial charge in [0.1, 0.15) is 17.1 Å². The Labute approximate surface area is 156 Å². The summed E-state index contributed by atoms with van der Waals surface area (Å²) >= 11 is 0. The van der Waals surface area contributed by atoms with Crippen LogP contribution in [0.15, 0.2) is 42.6 Å². The lowest BCUT2D eigenvalue weighted by molar-refractivity contribution is 0.0987. The average Bonchev–Trinajstić information content (AvgIpc) is 3.25. The fourth-order valence-electron chi connectivity index (χ4n) is 3.20. The number of aryl methyl sites for hydroxylation is 1. The van der Waals surface area contributed by atoms with E-state index < -0.39 is 0 Å². The molecule has 0 unspecified atom stereocenters. The number of ketones is 1. The molecule has 136 valence electrons. The molecule has 0 aliphatic rings. The molecule has 0 saturated heterocycles. The summed E-state index contributed by atoms with van der Waals surface area (Å²) in [5.41, 5.74) is 5.84. The fourth-order valence-corrected chi connectivity index (χ4v) is 3.20. The highest BCUT2D eigenvalue weighted by Crippen LogP contribution is 2.31. The van der Waals surface area contributed by atoms with Crippen molar-refractivity contribution in [3.05, 3.63) is 65.1 Å². The van der Waals surface area contributed by atoms with Crippen molar-refractivity contribution in [1.82, 2.24) is 20.2 Å². The maximum Gasteiger partial charge on any atom is 0.187 e. The lowest BCUT2D eigenvalue weighted by Crippen LogP contribution is -2.06. The Balaban J connectivity index is 1.65. The number of nitrogens with zero attached hydrogens (tertiary/aromatic N) is 2. The van der Waals surface area contributed by atoms with Crippen LogP contribution in [0.25, 0.3) is 22.3 Å². The zero-order valence-corrected chi connectivity index (χ0v) is 15.5. The number of aromatic nitrogens is 4. The number of fused-ring (bicyclic) bond motifs is 1. The number of H-pyrrole nitrogens is 2. The Morgan fingerprint density at radius 2 is 2.00 bits per heavy atom. The number of carbonyl (C=O) groups is 1. The minimum Gasteiger partial charge on any atom is -0.496 e. The maximum atomic E-state index is 12.6. The molecule has 0 saturated carbocycles. The molecule has 0 aliphatic carbocycles. The zero-order valence-electron chi connectivity index (χ0n) is 15.5. The minimum atomic E-state index is -0.0153. The summed E-state index contributed by atoms with van der Waals surface area (Å²) in [5.74, 6) is 0.780. The van der Waals surface area contributed by atoms with Crippen molar-refractivity contribution in [3.8, 4) is 17.0 Å². The van der Waals surface area contributed by atoms with E-state index in [2.05, 4.69) is 20.2 Å². The van der Waals surface area contributed by atoms with Gasteiger partial charge in [-0.3, -0.25) is 9.89 Å². The highest BCUT2D eigenvalue weighted by molar-refractivity contribution is 5.97. The van der Waals surface area contributed by atoms with Crippen LogP contribution in [0.4, 0.5) is 0 Å². The zero-order chi connectivity index (χ0) is 19.0. The Bertz CT molecular complexity index is 1140. The number of carbonyl (C=O) groups excluding carboxylic acids is 1. The van der Waals surface area contributed by atoms with Gasteiger partial charge in [-0.1, -0.05) is 12.1 Å². The number of nitrogens with one attached hydrogen (secondary N) is 2. The molecule has 0 bridgehead atoms. The van der Waals surface area contributed by atoms with Crippen molar-refractivity contribution < 1.29 is 9.53 Å². The Morgan fingerprint density at radius 1 is 1.19 bits per heavy atom. The largest absolute Gasteiger partial charge is 0.496 e. The first-order valence-corrected chi connectivity index (χ1v) is 8.72. The summed E-state index contributed by atoms with van der Waals surface area (Å²) in [6, 6.07) is 11.8. The van der Waals surface area contributed by atoms with Gasteiger partial charge in [-0.2, -0.15) is 5.10 Å². The van der Waals surface area contributed by atoms with Gasteiger partial charge in [-0.15, -0.1) is 0 Å². The van der Waals surface area contributed by atoms with Crippen LogP contribution < -0.4 is 4.74 Å². The fraction of sp³-hybridized carbons (Fsp3) is 0.190. The number of benzene rings is 1. The molecule has 1 aromatic carbocycles. The lowest BCUT2D eigenvalue weighted by atomic mass is 10.0. The number of para-hydroxylation sites is 1. The highest BCUT2D eigenvalue weighted by atomic mass is 16.5. The monoisotopic (exact) mass is 360 g/mol. The Hall–Kier alpha value is -3.41. The third kappa shape index (κ3) is 3.10. The van der Waals surface area contributed by atoms with Gasteiger partial charge in [0.05, 0.1) is 12.8 Å². The molecule has 6 nitrogen and oxygen atoms in total. The van der Waals surface area contributed by atoms with Crippen LogP contribution in [0.5, 0.6) is 5.75 Å². The van der Waals surface area contributed by atoms with Crippen LogP contribution in [-0.4, -0.2) is 33.1 Å². The van der Waals surface area contributed by atoms with E-state index in [4.69, 9.17) is 4.74 Å². The molecule has 2 N–H and O–H groups in total. The van der Waals surface area contributed by atoms with Crippen molar-refractivity contribution in [3.63, 3.8) is 0 Å². The number of ether oxygens (including phenoxy) is 1. The molecule has 4 aromatic rings. The van der Waals surface area contributed by atoms with Crippen molar-refractivity contribution in [2.24, 2.45) is 0 Å². The quantitative estimate of drug-likeness (QED) is 0.527. The third-order valence-corrected chi connectivity index (χ3v) is 4.81. The molecular weight excluding hydrogens is 340 g/mol. The molecule has 0 spiro atoms. The molecular formula is C21H20N4O2. The standard InChI is InChI=1S/C21H20N4O2/c1-12-13(2)24-25-20(12)18(26)9-14-8-15-10-17(23-21(15)22-11-14)16-6-4-5-7-19(16)27-3/h4-8,10-11H,9H2,1-3H3,(H,22,23)(H,24,25). The van der Waals surface area contributed by atoms with Crippen molar-refractivity contribution in [1.29, 1.82) is 0 Å². The third-order valence-electron chi connectivity index (χ3n) is 4.81. The summed E-state index contributed by atoms with van der Waals surface area (Å²) in [5, 5.41) is 7.94. The molecule has 0 aliphatic heterocycles. The predicted octanol–water partition coefficient (Wildman–Crippen LogP) is 4.00. The van der Waals surface area contributed by atoms with Gasteiger partial charge in [0.15, 0.2) is 5.78 Å². The van der Waals surface area contributed by atoms with Crippen LogP contribution in [0.3, 0.4) is 0 Å². The molecule has 3 aromatic heterocycles. The van der Waals surface area contributed by atoms with Gasteiger partial charge in [0, 0.05) is 34.8 Å². The minimum absolute atomic E-state index is 0.0153. The number of pyridine rings is 1. The van der Waals surface area contributed by atoms with E-state index >= 15 is 0 Å². The topological polar surface area (TPSA) is 83.7 Å². The SMILES string of the molecule is COc1ccccc1-c1cc2cc(CC(=O)c3n[nH]c(C)c3C)cnc2[nH]1. The van der Waals surface area contributed by atoms with Gasteiger partial charge in [0.25, 0.3) is 0 Å². The van der Waals surface area contributed by atoms with Crippen LogP contribution >= 0.6 is 0 Å². The number of hydrogen-bond acceptors (Lipinski definition) is 4. The second-order valence-electron chi connectivity index (χ2n) is 6.59. The summed E-state index contributed by atoms with van der Waals surface area (Å²) in [4.78, 5) is 20.4. The van der Waals surface area contributed by atoms with Gasteiger partial charge < -0.3 is 9.72 Å². The second-order valence-corrected chi connectivity index (χ2v) is 6.59. The van der Waals surface area contributed by atoms with Crippen LogP contribution in [0.2, 0.25) is 0 Å². The molecule has 3 heterocycles. The van der Waals surface area contributed by atoms with Crippen LogP contribution in [0.1, 0.15) is 27.3 Å². The maximum absolute atomic E-state index is 12.6. The summed E-state index contributed by atoms with van der Waals surface area (Å²) in [6.45, 7) is 3.81. The molecule has 6 heteroatoms. The van der Waals surface area contributed by atoms with Crippen LogP contribution in [-0.2, 0) is 6.42 Å². The van der Waals surface area contributed by atoms with E-state index in [-0.39, 0.29) is 12.2 Å². The lowest BCUT2D eigenvalue weighted by Gasteiger charge is -2.05. The van der Waals surface area contributed by atoms with Crippen LogP contribution in [0, 0.1) is 13.8 Å². The second kappa shape index (κ2) is 6.72. The number of Topliss-reactive ketones (excluding diaryl/α,β-unsaturated/α-hetero) is 1. The average molecular weight is 360 g/mol. The normalized spacial score (nSPS) is 11.1. The first-order chi connectivity index (χ1) is 13.1. The first-order valence-electron chi connectivity index (χ1n) is 8.72. The number of aromatic amines is 2. The first kappa shape index (κ1) is 17.0. The summed E-state index contributed by atoms with van der Waals surface area (Å²) in [7, 11) is 1.65. The van der Waals surface area contributed by atoms with E-state index in [0.717, 1.165) is 44.9 Å². The van der Waals surface area contributed by atoms with Crippen molar-refractivity contribution in [2.45, 2.75) is 20.3 Å². The number of hydrogen-bond donors (Lipinski definition) is 2. The van der Waals surface area contributed by atoms with Gasteiger partial charge in [0.2, 0.25) is 0 Å². The van der Waals surface area contributed by atoms with Gasteiger partial charge in [-0.05, 0) is 43.7 Å². The Morgan fingerprint density at radius 3 is 2.74 bits per heavy atom. The van der Waals surface area contributed by atoms with Gasteiger partial charge >= 0.3 is 0 Å². The molecule has 27 heavy (non-hydrogen) atoms. The Kier molecular flexibility index (Phi) is 4.24. The van der Waals surface area contributed by atoms with E-state index in [0.29, 0.717) is 5.69 Å². The van der Waals surface area contributed by atoms with E-state index in [1.54, 1.807) is 13.3 Å². The van der Waals surface area contributed by atoms with Crippen molar-refractivity contribution >= 4 is 16.8 Å². The van der Waals surface area contributed by atoms with Gasteiger partial charge in [-0.25, -0.2) is 4.98 Å². The van der Waals surface area contributed by atoms with E-state index in [1.165, 1.54) is 0 Å². The molecule has 4 rings (SSSR count). The van der Waals surface area contributed by atoms with E-state index in [1.807, 2.05) is 50.2 Å². The molecule has 0 radical (unpaired) electrons. The number of rotatable bonds is 5. The molecule has 0 fully saturated rings. The highest BCUT2D eigenvalue weighted by Gasteiger charge is 2.16. The van der Waals surface area contributed by atoms with E-state index in [9.17, 15) is 4.79 Å². The number of methoxy groups -OCH3 is 1.